The predicted molar refractivity (Wildman–Crippen MR) is 176 cm³/mol. The predicted octanol–water partition coefficient (Wildman–Crippen LogP) is 3.97. The number of nitrogens with zero attached hydrogens (tertiary/aromatic N) is 4. The number of likely N-dealkylation sites (tertiary alicyclic amines) is 1. The normalized spacial score (nSPS) is 16.6. The number of hydrogen-bond acceptors (Lipinski definition) is 9. The monoisotopic (exact) mass is 641 g/mol. The van der Waals surface area contributed by atoms with Crippen LogP contribution < -0.4 is 20.7 Å². The van der Waals surface area contributed by atoms with Crippen molar-refractivity contribution in [1.29, 1.82) is 0 Å². The quantitative estimate of drug-likeness (QED) is 0.191. The van der Waals surface area contributed by atoms with Crippen molar-refractivity contribution in [3.63, 3.8) is 0 Å². The molecule has 2 amide bonds. The fourth-order valence-electron chi connectivity index (χ4n) is 5.77. The molecule has 11 nitrogen and oxygen atoms in total. The van der Waals surface area contributed by atoms with Gasteiger partial charge < -0.3 is 25.8 Å². The molecule has 2 aliphatic rings. The van der Waals surface area contributed by atoms with Crippen LogP contribution in [0.2, 0.25) is 5.02 Å². The van der Waals surface area contributed by atoms with E-state index in [0.717, 1.165) is 28.7 Å². The van der Waals surface area contributed by atoms with E-state index in [4.69, 9.17) is 21.3 Å². The van der Waals surface area contributed by atoms with E-state index in [9.17, 15) is 14.7 Å². The van der Waals surface area contributed by atoms with Crippen molar-refractivity contribution < 1.29 is 19.4 Å². The first-order chi connectivity index (χ1) is 22.3. The molecule has 1 aromatic carbocycles. The topological polar surface area (TPSA) is 142 Å². The molecule has 12 heteroatoms. The molecule has 1 unspecified atom stereocenters. The van der Waals surface area contributed by atoms with Crippen LogP contribution in [0.4, 0.5) is 5.69 Å². The number of aliphatic hydroxyl groups is 1. The highest BCUT2D eigenvalue weighted by Crippen LogP contribution is 2.38. The Morgan fingerprint density at radius 2 is 1.98 bits per heavy atom. The Morgan fingerprint density at radius 3 is 2.70 bits per heavy atom. The van der Waals surface area contributed by atoms with Crippen LogP contribution in [0.3, 0.4) is 0 Å². The van der Waals surface area contributed by atoms with Crippen molar-refractivity contribution in [2.45, 2.75) is 45.0 Å². The van der Waals surface area contributed by atoms with Crippen molar-refractivity contribution in [1.82, 2.24) is 30.5 Å². The minimum atomic E-state index is -0.321. The number of hydrogen-bond donors (Lipinski definition) is 4. The van der Waals surface area contributed by atoms with Gasteiger partial charge in [0.15, 0.2) is 0 Å². The maximum absolute atomic E-state index is 13.1. The van der Waals surface area contributed by atoms with Gasteiger partial charge in [-0.15, -0.1) is 0 Å². The Balaban J connectivity index is 1.16. The first-order valence-corrected chi connectivity index (χ1v) is 15.6. The first-order valence-electron chi connectivity index (χ1n) is 15.2. The van der Waals surface area contributed by atoms with Crippen LogP contribution in [0.5, 0.6) is 5.88 Å². The zero-order valence-corrected chi connectivity index (χ0v) is 26.5. The molecule has 6 rings (SSSR count). The van der Waals surface area contributed by atoms with E-state index in [0.29, 0.717) is 78.4 Å². The van der Waals surface area contributed by atoms with Crippen molar-refractivity contribution in [2.75, 3.05) is 32.1 Å². The fourth-order valence-corrected chi connectivity index (χ4v) is 6.08. The highest BCUT2D eigenvalue weighted by molar-refractivity contribution is 6.35. The summed E-state index contributed by atoms with van der Waals surface area (Å²) < 4.78 is 5.61. The molecule has 2 aliphatic heterocycles. The molecule has 0 spiro atoms. The van der Waals surface area contributed by atoms with Gasteiger partial charge in [-0.05, 0) is 48.7 Å². The Bertz CT molecular complexity index is 1740. The number of nitrogens with one attached hydrogen (secondary N) is 3. The van der Waals surface area contributed by atoms with E-state index in [-0.39, 0.29) is 24.0 Å². The maximum atomic E-state index is 13.1. The molecule has 4 N–H and O–H groups in total. The molecule has 46 heavy (non-hydrogen) atoms. The summed E-state index contributed by atoms with van der Waals surface area (Å²) in [6.07, 6.45) is 4.52. The number of amides is 2. The lowest BCUT2D eigenvalue weighted by molar-refractivity contribution is -0.119. The van der Waals surface area contributed by atoms with Crippen molar-refractivity contribution in [3.8, 4) is 28.4 Å². The second-order valence-corrected chi connectivity index (χ2v) is 12.0. The number of carbonyl (C=O) groups excluding carboxylic acids is 2. The van der Waals surface area contributed by atoms with E-state index < -0.39 is 0 Å². The van der Waals surface area contributed by atoms with Gasteiger partial charge in [-0.2, -0.15) is 0 Å². The second-order valence-electron chi connectivity index (χ2n) is 11.7. The van der Waals surface area contributed by atoms with Gasteiger partial charge in [-0.1, -0.05) is 35.9 Å². The highest BCUT2D eigenvalue weighted by atomic mass is 35.5. The Labute approximate surface area is 272 Å². The summed E-state index contributed by atoms with van der Waals surface area (Å²) >= 11 is 6.98. The van der Waals surface area contributed by atoms with Crippen LogP contribution >= 0.6 is 11.6 Å². The molecule has 4 aromatic rings. The van der Waals surface area contributed by atoms with E-state index in [1.54, 1.807) is 25.6 Å². The van der Waals surface area contributed by atoms with Crippen LogP contribution in [0.25, 0.3) is 22.5 Å². The van der Waals surface area contributed by atoms with Gasteiger partial charge in [-0.3, -0.25) is 24.5 Å². The molecule has 3 aromatic heterocycles. The molecule has 0 radical (unpaired) electrons. The number of β-amino-alcohol motifs (C(OH)–C–C–N with tert-alkyl or cyclic N) is 1. The fraction of sp³-hybridized carbons (Fsp3) is 0.324. The maximum Gasteiger partial charge on any atom is 0.274 e. The molecule has 5 heterocycles. The lowest BCUT2D eigenvalue weighted by Gasteiger charge is -2.35. The average molecular weight is 642 g/mol. The molecule has 2 saturated heterocycles. The summed E-state index contributed by atoms with van der Waals surface area (Å²) in [4.78, 5) is 40.4. The second kappa shape index (κ2) is 13.9. The minimum Gasteiger partial charge on any atom is -0.481 e. The number of aliphatic hydroxyl groups excluding tert-OH is 1. The summed E-state index contributed by atoms with van der Waals surface area (Å²) in [6.45, 7) is 5.11. The number of ether oxygens (including phenoxy) is 1. The molecule has 0 aliphatic carbocycles. The SMILES string of the molecule is COc1nc(-c2ccnc(-c3cccc(NC(=O)c4ccc(CN5CC(O)C5)cn4)c3C)c2Cl)ccc1CNCC1CCC(=O)N1. The third kappa shape index (κ3) is 7.02. The summed E-state index contributed by atoms with van der Waals surface area (Å²) in [5.74, 6) is 0.255. The van der Waals surface area contributed by atoms with Crippen LogP contribution in [0, 0.1) is 6.92 Å². The van der Waals surface area contributed by atoms with Crippen LogP contribution in [-0.4, -0.2) is 75.7 Å². The number of aromatic nitrogens is 3. The van der Waals surface area contributed by atoms with Gasteiger partial charge in [0.1, 0.15) is 5.69 Å². The third-order valence-corrected chi connectivity index (χ3v) is 8.71. The van der Waals surface area contributed by atoms with E-state index in [2.05, 4.69) is 30.8 Å². The number of anilines is 1. The minimum absolute atomic E-state index is 0.0929. The Morgan fingerprint density at radius 1 is 1.13 bits per heavy atom. The molecule has 1 atom stereocenters. The van der Waals surface area contributed by atoms with Crippen LogP contribution in [0.1, 0.15) is 40.0 Å². The van der Waals surface area contributed by atoms with Crippen molar-refractivity contribution in [2.24, 2.45) is 0 Å². The first kappa shape index (κ1) is 31.6. The van der Waals surface area contributed by atoms with Crippen LogP contribution in [0.15, 0.2) is 60.9 Å². The van der Waals surface area contributed by atoms with E-state index >= 15 is 0 Å². The zero-order chi connectivity index (χ0) is 32.2. The average Bonchev–Trinajstić information content (AvgIpc) is 3.46. The standard InChI is InChI=1S/C34H36ClN7O4/c1-20-25(4-3-5-27(20)40-33(45)29-9-6-21(14-38-29)17-42-18-24(43)19-42)32-31(35)26(12-13-37-32)28-10-7-22(34(41-28)46-2)15-36-16-23-8-11-30(44)39-23/h3-7,9-10,12-14,23-24,36,43H,8,11,15-19H2,1-2H3,(H,39,44)(H,40,45). The molecular weight excluding hydrogens is 606 g/mol. The number of benzene rings is 1. The number of methoxy groups -OCH3 is 1. The molecule has 0 saturated carbocycles. The summed E-state index contributed by atoms with van der Waals surface area (Å²) in [6, 6.07) is 15.0. The van der Waals surface area contributed by atoms with Gasteiger partial charge in [0.05, 0.1) is 29.6 Å². The largest absolute Gasteiger partial charge is 0.481 e. The van der Waals surface area contributed by atoms with Gasteiger partial charge in [0.2, 0.25) is 11.8 Å². The van der Waals surface area contributed by atoms with Crippen molar-refractivity contribution >= 4 is 29.1 Å². The summed E-state index contributed by atoms with van der Waals surface area (Å²) in [5.41, 5.74) is 6.29. The molecule has 2 fully saturated rings. The van der Waals surface area contributed by atoms with E-state index in [1.807, 2.05) is 49.4 Å². The molecule has 0 bridgehead atoms. The summed E-state index contributed by atoms with van der Waals surface area (Å²) in [5, 5.41) is 19.2. The Hall–Kier alpha value is -4.42. The summed E-state index contributed by atoms with van der Waals surface area (Å²) in [7, 11) is 1.58. The van der Waals surface area contributed by atoms with Crippen LogP contribution in [-0.2, 0) is 17.9 Å². The van der Waals surface area contributed by atoms with Gasteiger partial charge in [-0.25, -0.2) is 4.98 Å². The van der Waals surface area contributed by atoms with Gasteiger partial charge in [0.25, 0.3) is 5.91 Å². The molecular formula is C34H36ClN7O4. The number of pyridine rings is 3. The Kier molecular flexibility index (Phi) is 9.55. The van der Waals surface area contributed by atoms with Crippen molar-refractivity contribution in [3.05, 3.63) is 88.3 Å². The molecule has 238 valence electrons. The lowest BCUT2D eigenvalue weighted by Crippen LogP contribution is -2.49. The number of rotatable bonds is 11. The van der Waals surface area contributed by atoms with E-state index in [1.165, 1.54) is 0 Å². The number of carbonyl (C=O) groups is 2. The highest BCUT2D eigenvalue weighted by Gasteiger charge is 2.24. The lowest BCUT2D eigenvalue weighted by atomic mass is 10.0. The number of halogens is 1. The zero-order valence-electron chi connectivity index (χ0n) is 25.7. The smallest absolute Gasteiger partial charge is 0.274 e. The van der Waals surface area contributed by atoms with Gasteiger partial charge in [0, 0.05) is 80.0 Å². The van der Waals surface area contributed by atoms with Gasteiger partial charge >= 0.3 is 0 Å². The third-order valence-electron chi connectivity index (χ3n) is 8.33.